The molecule has 0 N–H and O–H groups in total. The van der Waals surface area contributed by atoms with Gasteiger partial charge in [0.25, 0.3) is 0 Å². The maximum absolute atomic E-state index is 2.49. The lowest BCUT2D eigenvalue weighted by molar-refractivity contribution is 1.62. The number of hydrogen-bond donors (Lipinski definition) is 0. The Morgan fingerprint density at radius 1 is 0.500 bits per heavy atom. The average Bonchev–Trinajstić information content (AvgIpc) is 2.62. The Morgan fingerprint density at radius 3 is 1.12 bits per heavy atom. The van der Waals surface area contributed by atoms with Crippen LogP contribution in [-0.4, -0.2) is 17.6 Å². The Morgan fingerprint density at radius 2 is 0.833 bits per heavy atom. The van der Waals surface area contributed by atoms with E-state index in [0.717, 1.165) is 0 Å². The molecule has 0 heterocycles. The Balaban J connectivity index is 2.27. The predicted octanol–water partition coefficient (Wildman–Crippen LogP) is 4.94. The molecule has 0 fully saturated rings. The van der Waals surface area contributed by atoms with Crippen LogP contribution in [0.25, 0.3) is 22.3 Å². The molecule has 0 saturated carbocycles. The molecule has 0 spiro atoms. The second-order valence-electron chi connectivity index (χ2n) is 6.68. The number of rotatable bonds is 4. The van der Waals surface area contributed by atoms with Crippen molar-refractivity contribution in [2.24, 2.45) is 0 Å². The summed E-state index contributed by atoms with van der Waals surface area (Å²) in [5, 5.41) is 3.08. The molecule has 0 aliphatic carbocycles. The largest absolute Gasteiger partial charge is 0.0800 e. The van der Waals surface area contributed by atoms with Gasteiger partial charge in [-0.15, -0.1) is 0 Å². The van der Waals surface area contributed by atoms with Crippen molar-refractivity contribution in [3.05, 3.63) is 72.8 Å². The zero-order chi connectivity index (χ0) is 17.1. The van der Waals surface area contributed by atoms with Crippen LogP contribution in [-0.2, 0) is 0 Å². The smallest absolute Gasteiger partial charge is 0.0671 e. The first kappa shape index (κ1) is 16.9. The van der Waals surface area contributed by atoms with Gasteiger partial charge in [0, 0.05) is 0 Å². The van der Waals surface area contributed by atoms with E-state index in [1.807, 2.05) is 0 Å². The molecule has 3 rings (SSSR count). The van der Waals surface area contributed by atoms with Crippen molar-refractivity contribution in [1.82, 2.24) is 0 Å². The molecule has 0 nitrogen and oxygen atoms in total. The molecule has 2 radical (unpaired) electrons. The van der Waals surface area contributed by atoms with E-state index in [0.29, 0.717) is 0 Å². The summed E-state index contributed by atoms with van der Waals surface area (Å²) in [5.74, 6) is 0. The maximum atomic E-state index is 2.49. The van der Waals surface area contributed by atoms with Crippen LogP contribution in [0.2, 0.25) is 26.2 Å². The first-order chi connectivity index (χ1) is 11.6. The fourth-order valence-corrected chi connectivity index (χ4v) is 5.52. The summed E-state index contributed by atoms with van der Waals surface area (Å²) in [6.07, 6.45) is 0. The van der Waals surface area contributed by atoms with Gasteiger partial charge < -0.3 is 0 Å². The molecular formula is C22H24Si2. The molecule has 0 saturated heterocycles. The van der Waals surface area contributed by atoms with E-state index in [2.05, 4.69) is 99.0 Å². The fourth-order valence-electron chi connectivity index (χ4n) is 3.14. The quantitative estimate of drug-likeness (QED) is 0.588. The highest BCUT2D eigenvalue weighted by atomic mass is 28.3. The van der Waals surface area contributed by atoms with Crippen molar-refractivity contribution >= 4 is 28.0 Å². The van der Waals surface area contributed by atoms with Gasteiger partial charge in [0.15, 0.2) is 0 Å². The van der Waals surface area contributed by atoms with Crippen LogP contribution in [0, 0.1) is 0 Å². The van der Waals surface area contributed by atoms with Crippen LogP contribution in [0.3, 0.4) is 0 Å². The number of hydrogen-bond acceptors (Lipinski definition) is 0. The lowest BCUT2D eigenvalue weighted by Crippen LogP contribution is -2.32. The van der Waals surface area contributed by atoms with Gasteiger partial charge in [0.2, 0.25) is 0 Å². The Kier molecular flexibility index (Phi) is 5.17. The van der Waals surface area contributed by atoms with Crippen molar-refractivity contribution < 1.29 is 0 Å². The Labute approximate surface area is 149 Å². The summed E-state index contributed by atoms with van der Waals surface area (Å²) in [7, 11) is -1.10. The van der Waals surface area contributed by atoms with Gasteiger partial charge in [-0.3, -0.25) is 0 Å². The first-order valence-electron chi connectivity index (χ1n) is 8.48. The summed E-state index contributed by atoms with van der Waals surface area (Å²) in [6, 6.07) is 26.7. The van der Waals surface area contributed by atoms with E-state index >= 15 is 0 Å². The van der Waals surface area contributed by atoms with Gasteiger partial charge in [0.1, 0.15) is 0 Å². The normalized spacial score (nSPS) is 11.2. The molecule has 120 valence electrons. The SMILES string of the molecule is C[Si](C)c1cc(-c2ccccc2)c([Si](C)C)cc1-c1ccccc1. The van der Waals surface area contributed by atoms with Crippen molar-refractivity contribution in [3.63, 3.8) is 0 Å². The van der Waals surface area contributed by atoms with E-state index in [1.165, 1.54) is 32.6 Å². The summed E-state index contributed by atoms with van der Waals surface area (Å²) >= 11 is 0. The molecule has 0 aliphatic heterocycles. The molecule has 0 unspecified atom stereocenters. The van der Waals surface area contributed by atoms with Gasteiger partial charge in [-0.05, 0) is 22.3 Å². The zero-order valence-corrected chi connectivity index (χ0v) is 16.9. The molecule has 0 aromatic heterocycles. The van der Waals surface area contributed by atoms with Crippen LogP contribution in [0.5, 0.6) is 0 Å². The molecule has 3 aromatic carbocycles. The summed E-state index contributed by atoms with van der Waals surface area (Å²) in [5.41, 5.74) is 5.58. The minimum Gasteiger partial charge on any atom is -0.0671 e. The maximum Gasteiger partial charge on any atom is 0.0800 e. The van der Waals surface area contributed by atoms with E-state index in [1.54, 1.807) is 0 Å². The number of benzene rings is 3. The minimum atomic E-state index is -0.549. The fraction of sp³-hybridized carbons (Fsp3) is 0.182. The Bertz CT molecular complexity index is 735. The second kappa shape index (κ2) is 7.33. The third-order valence-electron chi connectivity index (χ3n) is 4.40. The van der Waals surface area contributed by atoms with Gasteiger partial charge in [0.05, 0.1) is 17.6 Å². The molecule has 0 aliphatic rings. The van der Waals surface area contributed by atoms with E-state index in [9.17, 15) is 0 Å². The Hall–Kier alpha value is -1.91. The standard InChI is InChI=1S/C22H24Si2/c1-23(2)21-15-20(18-13-9-6-10-14-18)22(24(3)4)16-19(21)17-11-7-5-8-12-17/h5-16H,1-4H3. The van der Waals surface area contributed by atoms with Gasteiger partial charge in [-0.2, -0.15) is 0 Å². The van der Waals surface area contributed by atoms with Crippen LogP contribution < -0.4 is 10.4 Å². The molecule has 24 heavy (non-hydrogen) atoms. The highest BCUT2D eigenvalue weighted by molar-refractivity contribution is 6.74. The molecule has 0 amide bonds. The molecule has 2 heteroatoms. The lowest BCUT2D eigenvalue weighted by atomic mass is 10.00. The second-order valence-corrected chi connectivity index (χ2v) is 11.8. The topological polar surface area (TPSA) is 0 Å². The molecule has 0 bridgehead atoms. The molecular weight excluding hydrogens is 320 g/mol. The van der Waals surface area contributed by atoms with Crippen LogP contribution >= 0.6 is 0 Å². The minimum absolute atomic E-state index is 0.549. The zero-order valence-electron chi connectivity index (χ0n) is 14.9. The van der Waals surface area contributed by atoms with Crippen LogP contribution in [0.1, 0.15) is 0 Å². The summed E-state index contributed by atoms with van der Waals surface area (Å²) < 4.78 is 0. The van der Waals surface area contributed by atoms with Gasteiger partial charge in [-0.25, -0.2) is 0 Å². The van der Waals surface area contributed by atoms with Crippen LogP contribution in [0.15, 0.2) is 72.8 Å². The van der Waals surface area contributed by atoms with E-state index in [-0.39, 0.29) is 0 Å². The third-order valence-corrected chi connectivity index (χ3v) is 7.39. The van der Waals surface area contributed by atoms with E-state index in [4.69, 9.17) is 0 Å². The third kappa shape index (κ3) is 3.45. The van der Waals surface area contributed by atoms with Crippen LogP contribution in [0.4, 0.5) is 0 Å². The highest BCUT2D eigenvalue weighted by Crippen LogP contribution is 2.23. The molecule has 0 atom stereocenters. The predicted molar refractivity (Wildman–Crippen MR) is 112 cm³/mol. The van der Waals surface area contributed by atoms with Crippen molar-refractivity contribution in [1.29, 1.82) is 0 Å². The lowest BCUT2D eigenvalue weighted by Gasteiger charge is -2.20. The van der Waals surface area contributed by atoms with Gasteiger partial charge >= 0.3 is 0 Å². The highest BCUT2D eigenvalue weighted by Gasteiger charge is 2.17. The monoisotopic (exact) mass is 344 g/mol. The average molecular weight is 345 g/mol. The summed E-state index contributed by atoms with van der Waals surface area (Å²) in [4.78, 5) is 0. The van der Waals surface area contributed by atoms with E-state index < -0.39 is 17.6 Å². The van der Waals surface area contributed by atoms with Crippen molar-refractivity contribution in [2.45, 2.75) is 26.2 Å². The summed E-state index contributed by atoms with van der Waals surface area (Å²) in [6.45, 7) is 9.57. The van der Waals surface area contributed by atoms with Gasteiger partial charge in [-0.1, -0.05) is 109 Å². The first-order valence-corrected chi connectivity index (χ1v) is 13.5. The van der Waals surface area contributed by atoms with Crippen molar-refractivity contribution in [2.75, 3.05) is 0 Å². The molecule has 3 aromatic rings. The van der Waals surface area contributed by atoms with Crippen molar-refractivity contribution in [3.8, 4) is 22.3 Å².